The number of para-hydroxylation sites is 1. The molecule has 3 rings (SSSR count). The molecule has 1 unspecified atom stereocenters. The minimum Gasteiger partial charge on any atom is -0.387 e. The Balaban J connectivity index is 1.62. The summed E-state index contributed by atoms with van der Waals surface area (Å²) in [5, 5.41) is 18.3. The third-order valence-corrected chi connectivity index (χ3v) is 5.23. The quantitative estimate of drug-likeness (QED) is 0.618. The zero-order chi connectivity index (χ0) is 18.7. The van der Waals surface area contributed by atoms with E-state index >= 15 is 0 Å². The zero-order valence-electron chi connectivity index (χ0n) is 14.6. The molecule has 5 nitrogen and oxygen atoms in total. The molecule has 0 aliphatic carbocycles. The number of carbonyl (C=O) groups is 2. The second kappa shape index (κ2) is 7.68. The summed E-state index contributed by atoms with van der Waals surface area (Å²) in [6.45, 7) is 3.71. The van der Waals surface area contributed by atoms with Crippen molar-refractivity contribution < 1.29 is 14.7 Å². The van der Waals surface area contributed by atoms with Crippen LogP contribution in [0.15, 0.2) is 47.8 Å². The largest absolute Gasteiger partial charge is 0.387 e. The summed E-state index contributed by atoms with van der Waals surface area (Å²) in [7, 11) is 0. The molecule has 26 heavy (non-hydrogen) atoms. The molecule has 0 saturated heterocycles. The van der Waals surface area contributed by atoms with Crippen molar-refractivity contribution in [3.05, 3.63) is 64.5 Å². The molecule has 1 heterocycles. The topological polar surface area (TPSA) is 78.4 Å². The molecule has 0 spiro atoms. The molecule has 2 aromatic carbocycles. The van der Waals surface area contributed by atoms with Crippen LogP contribution < -0.4 is 10.6 Å². The second-order valence-corrected chi connectivity index (χ2v) is 7.05. The first kappa shape index (κ1) is 18.1. The second-order valence-electron chi connectivity index (χ2n) is 6.13. The van der Waals surface area contributed by atoms with Gasteiger partial charge in [0, 0.05) is 22.5 Å². The fourth-order valence-corrected chi connectivity index (χ4v) is 3.83. The number of fused-ring (bicyclic) bond motifs is 1. The molecule has 2 amide bonds. The van der Waals surface area contributed by atoms with Gasteiger partial charge < -0.3 is 15.7 Å². The van der Waals surface area contributed by atoms with Gasteiger partial charge in [-0.1, -0.05) is 36.4 Å². The number of hydrogen-bond acceptors (Lipinski definition) is 4. The zero-order valence-corrected chi connectivity index (χ0v) is 15.4. The molecule has 1 atom stereocenters. The van der Waals surface area contributed by atoms with Gasteiger partial charge >= 0.3 is 11.8 Å². The van der Waals surface area contributed by atoms with Crippen LogP contribution in [-0.4, -0.2) is 23.5 Å². The van der Waals surface area contributed by atoms with Crippen LogP contribution in [0.25, 0.3) is 10.1 Å². The van der Waals surface area contributed by atoms with Crippen LogP contribution in [0.2, 0.25) is 0 Å². The first-order valence-electron chi connectivity index (χ1n) is 8.27. The molecule has 1 aromatic heterocycles. The van der Waals surface area contributed by atoms with Gasteiger partial charge in [-0.2, -0.15) is 0 Å². The lowest BCUT2D eigenvalue weighted by Crippen LogP contribution is -2.37. The van der Waals surface area contributed by atoms with Crippen LogP contribution in [-0.2, 0) is 9.59 Å². The van der Waals surface area contributed by atoms with E-state index in [1.165, 1.54) is 11.3 Å². The maximum Gasteiger partial charge on any atom is 0.313 e. The van der Waals surface area contributed by atoms with Gasteiger partial charge in [-0.05, 0) is 41.8 Å². The highest BCUT2D eigenvalue weighted by molar-refractivity contribution is 7.17. The summed E-state index contributed by atoms with van der Waals surface area (Å²) in [5.41, 5.74) is 3.16. The summed E-state index contributed by atoms with van der Waals surface area (Å²) in [5.74, 6) is -1.52. The summed E-state index contributed by atoms with van der Waals surface area (Å²) >= 11 is 1.54. The summed E-state index contributed by atoms with van der Waals surface area (Å²) < 4.78 is 1.07. The van der Waals surface area contributed by atoms with Crippen molar-refractivity contribution in [2.45, 2.75) is 20.0 Å². The normalized spacial score (nSPS) is 12.0. The number of amides is 2. The van der Waals surface area contributed by atoms with E-state index in [4.69, 9.17) is 0 Å². The van der Waals surface area contributed by atoms with Crippen molar-refractivity contribution in [2.24, 2.45) is 0 Å². The van der Waals surface area contributed by atoms with Crippen molar-refractivity contribution >= 4 is 38.9 Å². The minimum atomic E-state index is -0.872. The van der Waals surface area contributed by atoms with Crippen LogP contribution in [0.3, 0.4) is 0 Å². The van der Waals surface area contributed by atoms with Gasteiger partial charge in [-0.15, -0.1) is 11.3 Å². The molecule has 0 fully saturated rings. The van der Waals surface area contributed by atoms with Crippen molar-refractivity contribution in [3.8, 4) is 0 Å². The fourth-order valence-electron chi connectivity index (χ4n) is 2.82. The number of rotatable bonds is 4. The van der Waals surface area contributed by atoms with Crippen LogP contribution >= 0.6 is 11.3 Å². The van der Waals surface area contributed by atoms with Crippen LogP contribution in [0.4, 0.5) is 5.69 Å². The molecule has 3 N–H and O–H groups in total. The van der Waals surface area contributed by atoms with Gasteiger partial charge in [0.25, 0.3) is 0 Å². The van der Waals surface area contributed by atoms with Crippen LogP contribution in [0.5, 0.6) is 0 Å². The highest BCUT2D eigenvalue weighted by Crippen LogP contribution is 2.29. The Bertz CT molecular complexity index is 944. The number of anilines is 1. The lowest BCUT2D eigenvalue weighted by atomic mass is 10.1. The van der Waals surface area contributed by atoms with Gasteiger partial charge in [0.1, 0.15) is 0 Å². The number of nitrogens with one attached hydrogen (secondary N) is 2. The van der Waals surface area contributed by atoms with Gasteiger partial charge in [-0.25, -0.2) is 0 Å². The first-order valence-corrected chi connectivity index (χ1v) is 9.15. The number of aliphatic hydroxyl groups is 1. The van der Waals surface area contributed by atoms with E-state index in [1.807, 2.05) is 61.7 Å². The Morgan fingerprint density at radius 2 is 1.73 bits per heavy atom. The molecule has 0 aliphatic rings. The Kier molecular flexibility index (Phi) is 5.35. The standard InChI is InChI=1S/C20H20N2O3S/c1-12-6-5-7-13(2)18(12)22-20(25)19(24)21-10-16(23)15-11-26-17-9-4-3-8-14(15)17/h3-9,11,16,23H,10H2,1-2H3,(H,21,24)(H,22,25). The Hall–Kier alpha value is -2.70. The third-order valence-electron chi connectivity index (χ3n) is 4.25. The number of aryl methyl sites for hydroxylation is 2. The van der Waals surface area contributed by atoms with Crippen molar-refractivity contribution in [1.29, 1.82) is 0 Å². The molecule has 6 heteroatoms. The smallest absolute Gasteiger partial charge is 0.313 e. The lowest BCUT2D eigenvalue weighted by Gasteiger charge is -2.13. The number of thiophene rings is 1. The minimum absolute atomic E-state index is 0.0280. The average molecular weight is 368 g/mol. The van der Waals surface area contributed by atoms with Crippen molar-refractivity contribution in [3.63, 3.8) is 0 Å². The van der Waals surface area contributed by atoms with E-state index in [0.29, 0.717) is 5.69 Å². The van der Waals surface area contributed by atoms with Crippen molar-refractivity contribution in [2.75, 3.05) is 11.9 Å². The van der Waals surface area contributed by atoms with E-state index in [1.54, 1.807) is 0 Å². The van der Waals surface area contributed by atoms with Gasteiger partial charge in [0.05, 0.1) is 6.10 Å². The van der Waals surface area contributed by atoms with Crippen LogP contribution in [0.1, 0.15) is 22.8 Å². The number of aliphatic hydroxyl groups excluding tert-OH is 1. The van der Waals surface area contributed by atoms with Crippen LogP contribution in [0, 0.1) is 13.8 Å². The maximum absolute atomic E-state index is 12.1. The molecule has 134 valence electrons. The van der Waals surface area contributed by atoms with E-state index in [2.05, 4.69) is 10.6 Å². The molecular weight excluding hydrogens is 348 g/mol. The summed E-state index contributed by atoms with van der Waals surface area (Å²) in [4.78, 5) is 24.2. The highest BCUT2D eigenvalue weighted by atomic mass is 32.1. The predicted molar refractivity (Wildman–Crippen MR) is 104 cm³/mol. The maximum atomic E-state index is 12.1. The first-order chi connectivity index (χ1) is 12.5. The van der Waals surface area contributed by atoms with E-state index in [0.717, 1.165) is 26.8 Å². The van der Waals surface area contributed by atoms with E-state index in [9.17, 15) is 14.7 Å². The Labute approximate surface area is 155 Å². The summed E-state index contributed by atoms with van der Waals surface area (Å²) in [6, 6.07) is 13.4. The predicted octanol–water partition coefficient (Wildman–Crippen LogP) is 3.31. The Morgan fingerprint density at radius 3 is 2.46 bits per heavy atom. The molecule has 0 saturated carbocycles. The highest BCUT2D eigenvalue weighted by Gasteiger charge is 2.19. The SMILES string of the molecule is Cc1cccc(C)c1NC(=O)C(=O)NCC(O)c1csc2ccccc12. The summed E-state index contributed by atoms with van der Waals surface area (Å²) in [6.07, 6.45) is -0.872. The fraction of sp³-hybridized carbons (Fsp3) is 0.200. The average Bonchev–Trinajstić information content (AvgIpc) is 3.06. The number of hydrogen-bond donors (Lipinski definition) is 3. The number of carbonyl (C=O) groups excluding carboxylic acids is 2. The molecule has 0 bridgehead atoms. The van der Waals surface area contributed by atoms with E-state index < -0.39 is 17.9 Å². The molecular formula is C20H20N2O3S. The molecule has 0 radical (unpaired) electrons. The van der Waals surface area contributed by atoms with Gasteiger partial charge in [0.15, 0.2) is 0 Å². The molecule has 3 aromatic rings. The van der Waals surface area contributed by atoms with Gasteiger partial charge in [0.2, 0.25) is 0 Å². The molecule has 0 aliphatic heterocycles. The monoisotopic (exact) mass is 368 g/mol. The Morgan fingerprint density at radius 1 is 1.04 bits per heavy atom. The third kappa shape index (κ3) is 3.76. The van der Waals surface area contributed by atoms with Gasteiger partial charge in [-0.3, -0.25) is 9.59 Å². The van der Waals surface area contributed by atoms with Crippen molar-refractivity contribution in [1.82, 2.24) is 5.32 Å². The lowest BCUT2D eigenvalue weighted by molar-refractivity contribution is -0.136. The number of benzene rings is 2. The van der Waals surface area contributed by atoms with E-state index in [-0.39, 0.29) is 6.54 Å².